The Morgan fingerprint density at radius 1 is 1.47 bits per heavy atom. The molecule has 0 spiro atoms. The van der Waals surface area contributed by atoms with Gasteiger partial charge in [0.2, 0.25) is 0 Å². The first-order chi connectivity index (χ1) is 7.13. The molecule has 78 valence electrons. The topological polar surface area (TPSA) is 23.8 Å². The first-order valence-corrected chi connectivity index (χ1v) is 5.33. The molecule has 1 aliphatic rings. The van der Waals surface area contributed by atoms with Gasteiger partial charge in [0.05, 0.1) is 5.56 Å². The maximum atomic E-state index is 13.3. The number of hydrogen-bond donors (Lipinski definition) is 0. The van der Waals surface area contributed by atoms with Crippen LogP contribution in [0.3, 0.4) is 0 Å². The summed E-state index contributed by atoms with van der Waals surface area (Å²) in [5.41, 5.74) is 1.19. The summed E-state index contributed by atoms with van der Waals surface area (Å²) in [4.78, 5) is 0. The molecule has 1 fully saturated rings. The molecule has 1 saturated carbocycles. The molecule has 0 unspecified atom stereocenters. The van der Waals surface area contributed by atoms with Gasteiger partial charge in [-0.3, -0.25) is 0 Å². The van der Waals surface area contributed by atoms with Crippen LogP contribution in [0.15, 0.2) is 18.2 Å². The van der Waals surface area contributed by atoms with Gasteiger partial charge in [-0.15, -0.1) is 0 Å². The molecule has 1 aliphatic carbocycles. The minimum absolute atomic E-state index is 0.139. The van der Waals surface area contributed by atoms with E-state index >= 15 is 0 Å². The molecular formula is C13H14FN. The van der Waals surface area contributed by atoms with Crippen LogP contribution in [0.1, 0.15) is 37.3 Å². The Kier molecular flexibility index (Phi) is 2.48. The van der Waals surface area contributed by atoms with Crippen molar-refractivity contribution in [2.45, 2.75) is 26.2 Å². The second-order valence-corrected chi connectivity index (χ2v) is 4.60. The van der Waals surface area contributed by atoms with Crippen LogP contribution in [-0.2, 0) is 0 Å². The lowest BCUT2D eigenvalue weighted by Crippen LogP contribution is -1.93. The average molecular weight is 203 g/mol. The van der Waals surface area contributed by atoms with Gasteiger partial charge in [0.1, 0.15) is 11.9 Å². The van der Waals surface area contributed by atoms with Crippen LogP contribution in [0, 0.1) is 29.0 Å². The third kappa shape index (κ3) is 1.87. The molecule has 0 aliphatic heterocycles. The Bertz CT molecular complexity index is 417. The van der Waals surface area contributed by atoms with Crippen molar-refractivity contribution in [1.29, 1.82) is 5.26 Å². The van der Waals surface area contributed by atoms with E-state index in [-0.39, 0.29) is 11.4 Å². The van der Waals surface area contributed by atoms with Crippen molar-refractivity contribution in [3.63, 3.8) is 0 Å². The fourth-order valence-electron chi connectivity index (χ4n) is 2.19. The molecule has 0 amide bonds. The van der Waals surface area contributed by atoms with Crippen molar-refractivity contribution >= 4 is 0 Å². The maximum absolute atomic E-state index is 13.3. The number of hydrogen-bond acceptors (Lipinski definition) is 1. The molecule has 1 aromatic carbocycles. The lowest BCUT2D eigenvalue weighted by molar-refractivity contribution is 0.547. The monoisotopic (exact) mass is 203 g/mol. The Balaban J connectivity index is 2.19. The maximum Gasteiger partial charge on any atom is 0.141 e. The smallest absolute Gasteiger partial charge is 0.141 e. The molecule has 1 nitrogen and oxygen atoms in total. The third-order valence-electron chi connectivity index (χ3n) is 3.24. The van der Waals surface area contributed by atoms with Crippen LogP contribution in [0.25, 0.3) is 0 Å². The van der Waals surface area contributed by atoms with E-state index in [4.69, 9.17) is 5.26 Å². The van der Waals surface area contributed by atoms with E-state index in [1.54, 1.807) is 6.07 Å². The predicted molar refractivity (Wildman–Crippen MR) is 56.8 cm³/mol. The standard InChI is InChI=1S/C13H14FN/c1-8(2)11-6-12(11)9-3-4-10(7-15)13(14)5-9/h3-5,8,11-12H,6H2,1-2H3/t11-,12-/m1/s1. The zero-order chi connectivity index (χ0) is 11.0. The SMILES string of the molecule is CC(C)[C@H]1C[C@@H]1c1ccc(C#N)c(F)c1. The minimum Gasteiger partial charge on any atom is -0.206 e. The normalized spacial score (nSPS) is 23.9. The molecule has 2 heteroatoms. The quantitative estimate of drug-likeness (QED) is 0.722. The number of rotatable bonds is 2. The fraction of sp³-hybridized carbons (Fsp3) is 0.462. The fourth-order valence-corrected chi connectivity index (χ4v) is 2.19. The summed E-state index contributed by atoms with van der Waals surface area (Å²) in [5.74, 6) is 1.47. The molecule has 0 saturated heterocycles. The van der Waals surface area contributed by atoms with E-state index in [0.717, 1.165) is 12.0 Å². The molecule has 2 rings (SSSR count). The van der Waals surface area contributed by atoms with Crippen LogP contribution in [-0.4, -0.2) is 0 Å². The van der Waals surface area contributed by atoms with Crippen LogP contribution in [0.5, 0.6) is 0 Å². The van der Waals surface area contributed by atoms with Gasteiger partial charge in [-0.2, -0.15) is 5.26 Å². The summed E-state index contributed by atoms with van der Waals surface area (Å²) in [6, 6.07) is 6.83. The van der Waals surface area contributed by atoms with Crippen LogP contribution < -0.4 is 0 Å². The summed E-state index contributed by atoms with van der Waals surface area (Å²) in [5, 5.41) is 8.61. The minimum atomic E-state index is -0.385. The summed E-state index contributed by atoms with van der Waals surface area (Å²) in [6.45, 7) is 4.40. The summed E-state index contributed by atoms with van der Waals surface area (Å²) in [7, 11) is 0. The molecular weight excluding hydrogens is 189 g/mol. The van der Waals surface area contributed by atoms with Gasteiger partial charge in [0, 0.05) is 0 Å². The summed E-state index contributed by atoms with van der Waals surface area (Å²) >= 11 is 0. The Morgan fingerprint density at radius 2 is 2.20 bits per heavy atom. The zero-order valence-electron chi connectivity index (χ0n) is 9.00. The second-order valence-electron chi connectivity index (χ2n) is 4.60. The highest BCUT2D eigenvalue weighted by Gasteiger charge is 2.40. The van der Waals surface area contributed by atoms with E-state index in [1.807, 2.05) is 12.1 Å². The number of benzene rings is 1. The lowest BCUT2D eigenvalue weighted by atomic mass is 10.0. The molecule has 0 radical (unpaired) electrons. The van der Waals surface area contributed by atoms with Gasteiger partial charge in [-0.25, -0.2) is 4.39 Å². The van der Waals surface area contributed by atoms with Crippen LogP contribution in [0.2, 0.25) is 0 Å². The number of nitriles is 1. The zero-order valence-corrected chi connectivity index (χ0v) is 9.00. The van der Waals surface area contributed by atoms with Crippen molar-refractivity contribution in [3.05, 3.63) is 35.1 Å². The van der Waals surface area contributed by atoms with E-state index in [2.05, 4.69) is 13.8 Å². The average Bonchev–Trinajstić information content (AvgIpc) is 2.97. The highest BCUT2D eigenvalue weighted by molar-refractivity contribution is 5.36. The van der Waals surface area contributed by atoms with Gasteiger partial charge in [0.25, 0.3) is 0 Å². The van der Waals surface area contributed by atoms with Crippen molar-refractivity contribution in [3.8, 4) is 6.07 Å². The van der Waals surface area contributed by atoms with E-state index in [0.29, 0.717) is 17.8 Å². The Labute approximate surface area is 89.5 Å². The molecule has 0 aromatic heterocycles. The summed E-state index contributed by atoms with van der Waals surface area (Å²) in [6.07, 6.45) is 1.16. The van der Waals surface area contributed by atoms with Crippen molar-refractivity contribution < 1.29 is 4.39 Å². The molecule has 0 N–H and O–H groups in total. The highest BCUT2D eigenvalue weighted by atomic mass is 19.1. The molecule has 15 heavy (non-hydrogen) atoms. The highest BCUT2D eigenvalue weighted by Crippen LogP contribution is 2.51. The molecule has 0 bridgehead atoms. The lowest BCUT2D eigenvalue weighted by Gasteiger charge is -2.04. The second kappa shape index (κ2) is 3.66. The van der Waals surface area contributed by atoms with Crippen molar-refractivity contribution in [1.82, 2.24) is 0 Å². The first kappa shape index (κ1) is 10.2. The van der Waals surface area contributed by atoms with Crippen LogP contribution >= 0.6 is 0 Å². The molecule has 1 aromatic rings. The van der Waals surface area contributed by atoms with E-state index < -0.39 is 0 Å². The van der Waals surface area contributed by atoms with Gasteiger partial charge in [0.15, 0.2) is 0 Å². The van der Waals surface area contributed by atoms with Gasteiger partial charge < -0.3 is 0 Å². The first-order valence-electron chi connectivity index (χ1n) is 5.33. The molecule has 2 atom stereocenters. The van der Waals surface area contributed by atoms with Gasteiger partial charge >= 0.3 is 0 Å². The van der Waals surface area contributed by atoms with Crippen molar-refractivity contribution in [2.75, 3.05) is 0 Å². The van der Waals surface area contributed by atoms with Gasteiger partial charge in [-0.05, 0) is 41.9 Å². The van der Waals surface area contributed by atoms with E-state index in [9.17, 15) is 4.39 Å². The summed E-state index contributed by atoms with van der Waals surface area (Å²) < 4.78 is 13.3. The third-order valence-corrected chi connectivity index (χ3v) is 3.24. The van der Waals surface area contributed by atoms with Crippen molar-refractivity contribution in [2.24, 2.45) is 11.8 Å². The number of halogens is 1. The van der Waals surface area contributed by atoms with Crippen LogP contribution in [0.4, 0.5) is 4.39 Å². The van der Waals surface area contributed by atoms with Gasteiger partial charge in [-0.1, -0.05) is 19.9 Å². The Hall–Kier alpha value is -1.36. The Morgan fingerprint density at radius 3 is 2.67 bits per heavy atom. The largest absolute Gasteiger partial charge is 0.206 e. The van der Waals surface area contributed by atoms with E-state index in [1.165, 1.54) is 6.07 Å². The molecule has 0 heterocycles. The predicted octanol–water partition coefficient (Wildman–Crippen LogP) is 3.46. The number of nitrogens with zero attached hydrogens (tertiary/aromatic N) is 1.